The molecule has 0 bridgehead atoms. The number of rotatable bonds is 3. The molecule has 3 aromatic rings. The second-order valence-electron chi connectivity index (χ2n) is 4.41. The van der Waals surface area contributed by atoms with Crippen LogP contribution in [0.2, 0.25) is 5.02 Å². The van der Waals surface area contributed by atoms with Gasteiger partial charge in [-0.1, -0.05) is 63.9 Å². The van der Waals surface area contributed by atoms with Gasteiger partial charge in [-0.3, -0.25) is 0 Å². The molecule has 20 heavy (non-hydrogen) atoms. The lowest BCUT2D eigenvalue weighted by atomic mass is 10.1. The maximum Gasteiger partial charge on any atom is 0.0930 e. The van der Waals surface area contributed by atoms with Crippen molar-refractivity contribution in [2.24, 2.45) is 0 Å². The van der Waals surface area contributed by atoms with E-state index in [9.17, 15) is 0 Å². The Morgan fingerprint density at radius 2 is 1.80 bits per heavy atom. The van der Waals surface area contributed by atoms with Crippen LogP contribution < -0.4 is 0 Å². The van der Waals surface area contributed by atoms with Gasteiger partial charge in [-0.15, -0.1) is 0 Å². The molecule has 0 spiro atoms. The Balaban J connectivity index is 2.10. The molecule has 0 fully saturated rings. The molecule has 0 amide bonds. The lowest BCUT2D eigenvalue weighted by molar-refractivity contribution is 0.846. The molecule has 3 rings (SSSR count). The largest absolute Gasteiger partial charge is 0.236 e. The van der Waals surface area contributed by atoms with Crippen LogP contribution in [0.4, 0.5) is 0 Å². The molecule has 0 aliphatic rings. The normalized spacial score (nSPS) is 10.7. The highest BCUT2D eigenvalue weighted by molar-refractivity contribution is 9.08. The standard InChI is InChI=1S/C16H12BrClN2/c17-11-15-10-16(12-5-2-1-3-6-12)19-20(15)14-8-4-7-13(18)9-14/h1-10H,11H2. The molecule has 1 aromatic heterocycles. The lowest BCUT2D eigenvalue weighted by Gasteiger charge is -2.05. The fourth-order valence-electron chi connectivity index (χ4n) is 2.10. The zero-order chi connectivity index (χ0) is 13.9. The van der Waals surface area contributed by atoms with Crippen molar-refractivity contribution in [2.75, 3.05) is 0 Å². The average molecular weight is 348 g/mol. The van der Waals surface area contributed by atoms with Gasteiger partial charge in [-0.25, -0.2) is 4.68 Å². The van der Waals surface area contributed by atoms with Crippen LogP contribution in [0.25, 0.3) is 16.9 Å². The fraction of sp³-hybridized carbons (Fsp3) is 0.0625. The van der Waals surface area contributed by atoms with E-state index < -0.39 is 0 Å². The number of hydrogen-bond donors (Lipinski definition) is 0. The first-order valence-corrected chi connectivity index (χ1v) is 7.74. The zero-order valence-corrected chi connectivity index (χ0v) is 13.0. The lowest BCUT2D eigenvalue weighted by Crippen LogP contribution is -2.00. The second kappa shape index (κ2) is 5.81. The summed E-state index contributed by atoms with van der Waals surface area (Å²) >= 11 is 9.58. The van der Waals surface area contributed by atoms with Crippen molar-refractivity contribution < 1.29 is 0 Å². The average Bonchev–Trinajstić information content (AvgIpc) is 2.92. The summed E-state index contributed by atoms with van der Waals surface area (Å²) in [6.07, 6.45) is 0. The molecule has 1 heterocycles. The van der Waals surface area contributed by atoms with Crippen LogP contribution in [0.15, 0.2) is 60.7 Å². The fourth-order valence-corrected chi connectivity index (χ4v) is 2.68. The van der Waals surface area contributed by atoms with Crippen LogP contribution in [-0.2, 0) is 5.33 Å². The van der Waals surface area contributed by atoms with Gasteiger partial charge < -0.3 is 0 Å². The van der Waals surface area contributed by atoms with E-state index in [2.05, 4.69) is 34.1 Å². The van der Waals surface area contributed by atoms with Crippen LogP contribution in [0, 0.1) is 0 Å². The van der Waals surface area contributed by atoms with Crippen LogP contribution >= 0.6 is 27.5 Å². The summed E-state index contributed by atoms with van der Waals surface area (Å²) in [4.78, 5) is 0. The number of hydrogen-bond acceptors (Lipinski definition) is 1. The Bertz CT molecular complexity index is 722. The summed E-state index contributed by atoms with van der Waals surface area (Å²) in [6.45, 7) is 0. The molecule has 100 valence electrons. The molecule has 0 N–H and O–H groups in total. The number of halogens is 2. The smallest absolute Gasteiger partial charge is 0.0930 e. The van der Waals surface area contributed by atoms with Crippen LogP contribution in [0.5, 0.6) is 0 Å². The van der Waals surface area contributed by atoms with Gasteiger partial charge in [-0.2, -0.15) is 5.10 Å². The minimum Gasteiger partial charge on any atom is -0.236 e. The van der Waals surface area contributed by atoms with Crippen molar-refractivity contribution in [3.8, 4) is 16.9 Å². The summed E-state index contributed by atoms with van der Waals surface area (Å²) in [5.41, 5.74) is 4.12. The number of alkyl halides is 1. The minimum absolute atomic E-state index is 0.708. The van der Waals surface area contributed by atoms with Gasteiger partial charge in [0.15, 0.2) is 0 Å². The van der Waals surface area contributed by atoms with Crippen molar-refractivity contribution in [1.29, 1.82) is 0 Å². The van der Waals surface area contributed by atoms with Gasteiger partial charge in [0.25, 0.3) is 0 Å². The van der Waals surface area contributed by atoms with E-state index in [0.717, 1.165) is 28.0 Å². The highest BCUT2D eigenvalue weighted by Crippen LogP contribution is 2.24. The first-order valence-electron chi connectivity index (χ1n) is 6.24. The molecule has 2 nitrogen and oxygen atoms in total. The summed E-state index contributed by atoms with van der Waals surface area (Å²) in [7, 11) is 0. The maximum absolute atomic E-state index is 6.06. The Morgan fingerprint density at radius 1 is 1.00 bits per heavy atom. The molecule has 0 atom stereocenters. The van der Waals surface area contributed by atoms with Crippen LogP contribution in [0.3, 0.4) is 0 Å². The number of nitrogens with zero attached hydrogens (tertiary/aromatic N) is 2. The van der Waals surface area contributed by atoms with E-state index in [0.29, 0.717) is 5.02 Å². The van der Waals surface area contributed by atoms with E-state index in [4.69, 9.17) is 16.7 Å². The molecular formula is C16H12BrClN2. The molecule has 0 radical (unpaired) electrons. The highest BCUT2D eigenvalue weighted by atomic mass is 79.9. The molecule has 0 saturated carbocycles. The third-order valence-electron chi connectivity index (χ3n) is 3.04. The van der Waals surface area contributed by atoms with Gasteiger partial charge in [0, 0.05) is 15.9 Å². The van der Waals surface area contributed by atoms with Crippen LogP contribution in [-0.4, -0.2) is 9.78 Å². The van der Waals surface area contributed by atoms with E-state index in [-0.39, 0.29) is 0 Å². The van der Waals surface area contributed by atoms with Gasteiger partial charge >= 0.3 is 0 Å². The first-order chi connectivity index (χ1) is 9.78. The van der Waals surface area contributed by atoms with Gasteiger partial charge in [0.05, 0.1) is 17.1 Å². The molecule has 0 aliphatic carbocycles. The predicted molar refractivity (Wildman–Crippen MR) is 86.6 cm³/mol. The van der Waals surface area contributed by atoms with Crippen molar-refractivity contribution >= 4 is 27.5 Å². The molecule has 2 aromatic carbocycles. The van der Waals surface area contributed by atoms with E-state index >= 15 is 0 Å². The molecule has 0 saturated heterocycles. The summed E-state index contributed by atoms with van der Waals surface area (Å²) in [5, 5.41) is 6.13. The van der Waals surface area contributed by atoms with Gasteiger partial charge in [0.2, 0.25) is 0 Å². The quantitative estimate of drug-likeness (QED) is 0.604. The third-order valence-corrected chi connectivity index (χ3v) is 3.85. The third kappa shape index (κ3) is 2.65. The number of benzene rings is 2. The van der Waals surface area contributed by atoms with Crippen molar-refractivity contribution in [1.82, 2.24) is 9.78 Å². The summed E-state index contributed by atoms with van der Waals surface area (Å²) in [5.74, 6) is 0. The SMILES string of the molecule is Clc1cccc(-n2nc(-c3ccccc3)cc2CBr)c1. The minimum atomic E-state index is 0.708. The Hall–Kier alpha value is -1.58. The first kappa shape index (κ1) is 13.4. The molecule has 4 heteroatoms. The van der Waals surface area contributed by atoms with Crippen molar-refractivity contribution in [3.63, 3.8) is 0 Å². The molecule has 0 aliphatic heterocycles. The van der Waals surface area contributed by atoms with Crippen LogP contribution in [0.1, 0.15) is 5.69 Å². The molecular weight excluding hydrogens is 336 g/mol. The van der Waals surface area contributed by atoms with E-state index in [1.807, 2.05) is 47.1 Å². The van der Waals surface area contributed by atoms with E-state index in [1.165, 1.54) is 0 Å². The Labute approximate surface area is 131 Å². The second-order valence-corrected chi connectivity index (χ2v) is 5.41. The topological polar surface area (TPSA) is 17.8 Å². The zero-order valence-electron chi connectivity index (χ0n) is 10.6. The Morgan fingerprint density at radius 3 is 2.50 bits per heavy atom. The number of aromatic nitrogens is 2. The molecule has 0 unspecified atom stereocenters. The van der Waals surface area contributed by atoms with Crippen molar-refractivity contribution in [3.05, 3.63) is 71.4 Å². The Kier molecular flexibility index (Phi) is 3.90. The van der Waals surface area contributed by atoms with Gasteiger partial charge in [-0.05, 0) is 24.3 Å². The summed E-state index contributed by atoms with van der Waals surface area (Å²) in [6, 6.07) is 19.9. The highest BCUT2D eigenvalue weighted by Gasteiger charge is 2.10. The monoisotopic (exact) mass is 346 g/mol. The van der Waals surface area contributed by atoms with Crippen molar-refractivity contribution in [2.45, 2.75) is 5.33 Å². The van der Waals surface area contributed by atoms with E-state index in [1.54, 1.807) is 0 Å². The van der Waals surface area contributed by atoms with Gasteiger partial charge in [0.1, 0.15) is 0 Å². The summed E-state index contributed by atoms with van der Waals surface area (Å²) < 4.78 is 1.92. The maximum atomic E-state index is 6.06. The predicted octanol–water partition coefficient (Wildman–Crippen LogP) is 5.09.